The van der Waals surface area contributed by atoms with Gasteiger partial charge in [-0.2, -0.15) is 0 Å². The summed E-state index contributed by atoms with van der Waals surface area (Å²) >= 11 is 11.9. The van der Waals surface area contributed by atoms with Crippen molar-refractivity contribution in [3.05, 3.63) is 33.8 Å². The molecule has 2 N–H and O–H groups in total. The van der Waals surface area contributed by atoms with Crippen molar-refractivity contribution in [3.8, 4) is 0 Å². The summed E-state index contributed by atoms with van der Waals surface area (Å²) in [6.45, 7) is 0.195. The highest BCUT2D eigenvalue weighted by Crippen LogP contribution is 2.24. The van der Waals surface area contributed by atoms with Gasteiger partial charge in [0.25, 0.3) is 0 Å². The van der Waals surface area contributed by atoms with Crippen molar-refractivity contribution in [1.29, 1.82) is 0 Å². The van der Waals surface area contributed by atoms with Crippen LogP contribution in [0.2, 0.25) is 10.0 Å². The first-order valence-corrected chi connectivity index (χ1v) is 5.52. The topological polar surface area (TPSA) is 52.3 Å². The molecule has 1 unspecified atom stereocenters. The van der Waals surface area contributed by atoms with Crippen LogP contribution < -0.4 is 5.73 Å². The molecule has 1 aromatic rings. The summed E-state index contributed by atoms with van der Waals surface area (Å²) in [6.07, 6.45) is 0.128. The molecule has 0 fully saturated rings. The molecule has 0 radical (unpaired) electrons. The first-order valence-electron chi connectivity index (χ1n) is 4.76. The summed E-state index contributed by atoms with van der Waals surface area (Å²) in [7, 11) is 1.50. The van der Waals surface area contributed by atoms with E-state index in [0.717, 1.165) is 0 Å². The van der Waals surface area contributed by atoms with Crippen molar-refractivity contribution in [2.75, 3.05) is 13.7 Å². The van der Waals surface area contributed by atoms with Crippen LogP contribution in [0.15, 0.2) is 18.2 Å². The van der Waals surface area contributed by atoms with Gasteiger partial charge in [-0.05, 0) is 17.7 Å². The average molecular weight is 262 g/mol. The Morgan fingerprint density at radius 2 is 2.00 bits per heavy atom. The van der Waals surface area contributed by atoms with E-state index in [1.807, 2.05) is 0 Å². The molecule has 5 heteroatoms. The van der Waals surface area contributed by atoms with Crippen LogP contribution in [0.25, 0.3) is 0 Å². The van der Waals surface area contributed by atoms with Crippen molar-refractivity contribution in [3.63, 3.8) is 0 Å². The summed E-state index contributed by atoms with van der Waals surface area (Å²) in [5.74, 6) is -0.142. The monoisotopic (exact) mass is 261 g/mol. The lowest BCUT2D eigenvalue weighted by Gasteiger charge is -2.11. The number of methoxy groups -OCH3 is 1. The molecular weight excluding hydrogens is 249 g/mol. The van der Waals surface area contributed by atoms with E-state index in [2.05, 4.69) is 0 Å². The van der Waals surface area contributed by atoms with E-state index in [4.69, 9.17) is 33.7 Å². The average Bonchev–Trinajstić information content (AvgIpc) is 2.23. The zero-order valence-electron chi connectivity index (χ0n) is 8.87. The number of halogens is 2. The minimum absolute atomic E-state index is 0.128. The maximum absolute atomic E-state index is 11.7. The minimum atomic E-state index is -0.641. The van der Waals surface area contributed by atoms with Crippen LogP contribution in [0.4, 0.5) is 0 Å². The zero-order valence-corrected chi connectivity index (χ0v) is 10.4. The third-order valence-electron chi connectivity index (χ3n) is 2.17. The highest BCUT2D eigenvalue weighted by atomic mass is 35.5. The summed E-state index contributed by atoms with van der Waals surface area (Å²) in [4.78, 5) is 11.7. The number of carbonyl (C=O) groups excluding carboxylic acids is 1. The maximum Gasteiger partial charge on any atom is 0.156 e. The van der Waals surface area contributed by atoms with Gasteiger partial charge in [0.1, 0.15) is 0 Å². The molecule has 0 aliphatic heterocycles. The summed E-state index contributed by atoms with van der Waals surface area (Å²) < 4.78 is 4.81. The molecule has 0 spiro atoms. The molecule has 0 saturated heterocycles. The third kappa shape index (κ3) is 3.46. The number of hydrogen-bond donors (Lipinski definition) is 1. The first-order chi connectivity index (χ1) is 7.56. The highest BCUT2D eigenvalue weighted by molar-refractivity contribution is 6.36. The van der Waals surface area contributed by atoms with Crippen molar-refractivity contribution in [1.82, 2.24) is 0 Å². The fourth-order valence-corrected chi connectivity index (χ4v) is 1.81. The number of Topliss-reactive ketones (excluding diaryl/α,β-unsaturated/α-hetero) is 1. The fourth-order valence-electron chi connectivity index (χ4n) is 1.28. The Kier molecular flexibility index (Phi) is 5.22. The Morgan fingerprint density at radius 3 is 2.50 bits per heavy atom. The molecule has 1 rings (SSSR count). The molecule has 88 valence electrons. The number of carbonyl (C=O) groups is 1. The molecule has 0 heterocycles. The molecule has 0 aliphatic rings. The van der Waals surface area contributed by atoms with Crippen LogP contribution in [0, 0.1) is 0 Å². The van der Waals surface area contributed by atoms with Gasteiger partial charge >= 0.3 is 0 Å². The van der Waals surface area contributed by atoms with Crippen LogP contribution in [-0.4, -0.2) is 25.5 Å². The molecule has 0 aromatic heterocycles. The van der Waals surface area contributed by atoms with E-state index >= 15 is 0 Å². The molecule has 0 aliphatic carbocycles. The van der Waals surface area contributed by atoms with Crippen LogP contribution in [0.5, 0.6) is 0 Å². The summed E-state index contributed by atoms with van der Waals surface area (Å²) in [6, 6.07) is 4.47. The lowest BCUT2D eigenvalue weighted by atomic mass is 10.0. The van der Waals surface area contributed by atoms with Gasteiger partial charge in [-0.25, -0.2) is 0 Å². The number of ether oxygens (including phenoxy) is 1. The fraction of sp³-hybridized carbons (Fsp3) is 0.364. The van der Waals surface area contributed by atoms with E-state index in [0.29, 0.717) is 15.6 Å². The molecule has 1 aromatic carbocycles. The van der Waals surface area contributed by atoms with Gasteiger partial charge in [0, 0.05) is 23.6 Å². The highest BCUT2D eigenvalue weighted by Gasteiger charge is 2.16. The van der Waals surface area contributed by atoms with Gasteiger partial charge in [-0.1, -0.05) is 29.3 Å². The van der Waals surface area contributed by atoms with Crippen LogP contribution in [-0.2, 0) is 16.0 Å². The predicted octanol–water partition coefficient (Wildman–Crippen LogP) is 2.08. The number of nitrogens with two attached hydrogens (primary N) is 1. The molecule has 0 bridgehead atoms. The van der Waals surface area contributed by atoms with Gasteiger partial charge in [0.2, 0.25) is 0 Å². The second-order valence-electron chi connectivity index (χ2n) is 3.41. The smallest absolute Gasteiger partial charge is 0.156 e. The van der Waals surface area contributed by atoms with Gasteiger partial charge in [-0.15, -0.1) is 0 Å². The van der Waals surface area contributed by atoms with Gasteiger partial charge in [0.15, 0.2) is 5.78 Å². The Bertz CT molecular complexity index is 362. The quantitative estimate of drug-likeness (QED) is 0.883. The van der Waals surface area contributed by atoms with Gasteiger partial charge in [0.05, 0.1) is 12.6 Å². The number of benzene rings is 1. The zero-order chi connectivity index (χ0) is 12.1. The normalized spacial score (nSPS) is 12.5. The van der Waals surface area contributed by atoms with Crippen molar-refractivity contribution >= 4 is 29.0 Å². The molecule has 0 amide bonds. The first kappa shape index (κ1) is 13.5. The second kappa shape index (κ2) is 6.21. The van der Waals surface area contributed by atoms with Gasteiger partial charge < -0.3 is 10.5 Å². The number of ketones is 1. The summed E-state index contributed by atoms with van der Waals surface area (Å²) in [5.41, 5.74) is 6.23. The number of hydrogen-bond acceptors (Lipinski definition) is 3. The predicted molar refractivity (Wildman–Crippen MR) is 65.0 cm³/mol. The molecular formula is C11H13Cl2NO2. The Labute approximate surface area is 104 Å². The largest absolute Gasteiger partial charge is 0.383 e. The van der Waals surface area contributed by atoms with E-state index < -0.39 is 6.04 Å². The Morgan fingerprint density at radius 1 is 1.44 bits per heavy atom. The molecule has 0 saturated carbocycles. The summed E-state index contributed by atoms with van der Waals surface area (Å²) in [5, 5.41) is 0.955. The minimum Gasteiger partial charge on any atom is -0.383 e. The van der Waals surface area contributed by atoms with E-state index in [1.54, 1.807) is 18.2 Å². The van der Waals surface area contributed by atoms with Crippen molar-refractivity contribution in [2.45, 2.75) is 12.5 Å². The number of rotatable bonds is 5. The van der Waals surface area contributed by atoms with Crippen molar-refractivity contribution in [2.24, 2.45) is 5.73 Å². The van der Waals surface area contributed by atoms with Gasteiger partial charge in [-0.3, -0.25) is 4.79 Å². The molecule has 3 nitrogen and oxygen atoms in total. The SMILES string of the molecule is COCC(N)C(=O)Cc1c(Cl)cccc1Cl. The lowest BCUT2D eigenvalue weighted by molar-refractivity contribution is -0.120. The van der Waals surface area contributed by atoms with Crippen LogP contribution in [0.3, 0.4) is 0 Å². The van der Waals surface area contributed by atoms with E-state index in [-0.39, 0.29) is 18.8 Å². The second-order valence-corrected chi connectivity index (χ2v) is 4.22. The van der Waals surface area contributed by atoms with Crippen LogP contribution in [0.1, 0.15) is 5.56 Å². The maximum atomic E-state index is 11.7. The van der Waals surface area contributed by atoms with E-state index in [1.165, 1.54) is 7.11 Å². The third-order valence-corrected chi connectivity index (χ3v) is 2.88. The lowest BCUT2D eigenvalue weighted by Crippen LogP contribution is -2.36. The molecule has 16 heavy (non-hydrogen) atoms. The standard InChI is InChI=1S/C11H13Cl2NO2/c1-16-6-10(14)11(15)5-7-8(12)3-2-4-9(7)13/h2-4,10H,5-6,14H2,1H3. The Hall–Kier alpha value is -0.610. The molecule has 1 atom stereocenters. The van der Waals surface area contributed by atoms with E-state index in [9.17, 15) is 4.79 Å². The van der Waals surface area contributed by atoms with Crippen LogP contribution >= 0.6 is 23.2 Å². The Balaban J connectivity index is 2.77. The van der Waals surface area contributed by atoms with Crippen molar-refractivity contribution < 1.29 is 9.53 Å².